The van der Waals surface area contributed by atoms with Crippen molar-refractivity contribution in [2.24, 2.45) is 0 Å². The number of rotatable bonds is 4. The van der Waals surface area contributed by atoms with Crippen molar-refractivity contribution in [3.8, 4) is 11.1 Å². The first-order chi connectivity index (χ1) is 10.7. The van der Waals surface area contributed by atoms with Crippen molar-refractivity contribution in [1.29, 1.82) is 0 Å². The molecule has 0 unspecified atom stereocenters. The lowest BCUT2D eigenvalue weighted by atomic mass is 10.0. The number of carbonyl (C=O) groups excluding carboxylic acids is 1. The molecular weight excluding hydrogens is 276 g/mol. The van der Waals surface area contributed by atoms with Crippen molar-refractivity contribution in [2.45, 2.75) is 31.9 Å². The van der Waals surface area contributed by atoms with Gasteiger partial charge in [-0.3, -0.25) is 9.78 Å². The van der Waals surface area contributed by atoms with Gasteiger partial charge in [-0.15, -0.1) is 0 Å². The molecule has 1 saturated heterocycles. The van der Waals surface area contributed by atoms with Gasteiger partial charge in [0.2, 0.25) is 5.91 Å². The molecular formula is C18H20N2O2. The second-order valence-electron chi connectivity index (χ2n) is 5.60. The minimum Gasteiger partial charge on any atom is -0.368 e. The van der Waals surface area contributed by atoms with Crippen molar-refractivity contribution < 1.29 is 9.53 Å². The number of nitrogens with zero attached hydrogens (tertiary/aromatic N) is 1. The van der Waals surface area contributed by atoms with E-state index in [1.165, 1.54) is 0 Å². The average Bonchev–Trinajstić information content (AvgIpc) is 3.10. The molecule has 1 aromatic heterocycles. The molecule has 1 aliphatic rings. The maximum Gasteiger partial charge on any atom is 0.249 e. The Kier molecular flexibility index (Phi) is 4.49. The summed E-state index contributed by atoms with van der Waals surface area (Å²) in [6.07, 6.45) is 5.11. The number of ether oxygens (including phenoxy) is 1. The maximum absolute atomic E-state index is 12.1. The Morgan fingerprint density at radius 2 is 2.09 bits per heavy atom. The first-order valence-corrected chi connectivity index (χ1v) is 7.66. The van der Waals surface area contributed by atoms with E-state index in [1.807, 2.05) is 37.4 Å². The van der Waals surface area contributed by atoms with Gasteiger partial charge in [0.25, 0.3) is 0 Å². The summed E-state index contributed by atoms with van der Waals surface area (Å²) in [5.41, 5.74) is 3.29. The minimum absolute atomic E-state index is 0.0127. The quantitative estimate of drug-likeness (QED) is 0.943. The van der Waals surface area contributed by atoms with Gasteiger partial charge in [0.05, 0.1) is 6.04 Å². The van der Waals surface area contributed by atoms with Gasteiger partial charge in [-0.1, -0.05) is 30.3 Å². The SMILES string of the molecule is C[C@@H](NC(=O)[C@@H]1CCCO1)c1ccc(-c2cccnc2)cc1. The predicted molar refractivity (Wildman–Crippen MR) is 85.2 cm³/mol. The summed E-state index contributed by atoms with van der Waals surface area (Å²) in [6, 6.07) is 12.1. The highest BCUT2D eigenvalue weighted by atomic mass is 16.5. The van der Waals surface area contributed by atoms with Crippen molar-refractivity contribution in [1.82, 2.24) is 10.3 Å². The normalized spacial score (nSPS) is 18.9. The van der Waals surface area contributed by atoms with Crippen molar-refractivity contribution >= 4 is 5.91 Å². The zero-order valence-corrected chi connectivity index (χ0v) is 12.7. The summed E-state index contributed by atoms with van der Waals surface area (Å²) < 4.78 is 5.41. The number of amides is 1. The summed E-state index contributed by atoms with van der Waals surface area (Å²) in [6.45, 7) is 2.68. The van der Waals surface area contributed by atoms with Crippen LogP contribution in [-0.4, -0.2) is 23.6 Å². The lowest BCUT2D eigenvalue weighted by Gasteiger charge is -2.17. The Morgan fingerprint density at radius 1 is 1.27 bits per heavy atom. The Balaban J connectivity index is 1.66. The Bertz CT molecular complexity index is 619. The highest BCUT2D eigenvalue weighted by Crippen LogP contribution is 2.21. The Labute approximate surface area is 130 Å². The standard InChI is InChI=1S/C18H20N2O2/c1-13(20-18(21)17-5-3-11-22-17)14-6-8-15(9-7-14)16-4-2-10-19-12-16/h2,4,6-10,12-13,17H,3,5,11H2,1H3,(H,20,21)/t13-,17+/m1/s1. The van der Waals surface area contributed by atoms with Crippen LogP contribution in [0, 0.1) is 0 Å². The molecule has 0 saturated carbocycles. The molecule has 0 spiro atoms. The summed E-state index contributed by atoms with van der Waals surface area (Å²) >= 11 is 0. The van der Waals surface area contributed by atoms with Crippen LogP contribution in [0.1, 0.15) is 31.4 Å². The number of hydrogen-bond donors (Lipinski definition) is 1. The van der Waals surface area contributed by atoms with Gasteiger partial charge in [0.15, 0.2) is 0 Å². The van der Waals surface area contributed by atoms with Crippen LogP contribution in [0.5, 0.6) is 0 Å². The van der Waals surface area contributed by atoms with E-state index < -0.39 is 0 Å². The van der Waals surface area contributed by atoms with E-state index in [0.717, 1.165) is 29.5 Å². The summed E-state index contributed by atoms with van der Waals surface area (Å²) in [5.74, 6) is -0.0127. The van der Waals surface area contributed by atoms with E-state index in [9.17, 15) is 4.79 Å². The second kappa shape index (κ2) is 6.71. The zero-order valence-electron chi connectivity index (χ0n) is 12.7. The van der Waals surface area contributed by atoms with E-state index in [2.05, 4.69) is 22.4 Å². The molecule has 0 radical (unpaired) electrons. The molecule has 2 atom stereocenters. The van der Waals surface area contributed by atoms with Crippen LogP contribution < -0.4 is 5.32 Å². The smallest absolute Gasteiger partial charge is 0.249 e. The van der Waals surface area contributed by atoms with Gasteiger partial charge in [0.1, 0.15) is 6.10 Å². The molecule has 4 heteroatoms. The monoisotopic (exact) mass is 296 g/mol. The van der Waals surface area contributed by atoms with Crippen LogP contribution in [0.2, 0.25) is 0 Å². The largest absolute Gasteiger partial charge is 0.368 e. The van der Waals surface area contributed by atoms with Crippen LogP contribution >= 0.6 is 0 Å². The molecule has 4 nitrogen and oxygen atoms in total. The lowest BCUT2D eigenvalue weighted by Crippen LogP contribution is -2.35. The fourth-order valence-corrected chi connectivity index (χ4v) is 2.67. The second-order valence-corrected chi connectivity index (χ2v) is 5.60. The summed E-state index contributed by atoms with van der Waals surface area (Å²) in [5, 5.41) is 3.02. The highest BCUT2D eigenvalue weighted by Gasteiger charge is 2.24. The number of aromatic nitrogens is 1. The maximum atomic E-state index is 12.1. The van der Waals surface area contributed by atoms with Crippen molar-refractivity contribution in [2.75, 3.05) is 6.61 Å². The Hall–Kier alpha value is -2.20. The van der Waals surface area contributed by atoms with Gasteiger partial charge in [0, 0.05) is 19.0 Å². The van der Waals surface area contributed by atoms with E-state index in [1.54, 1.807) is 6.20 Å². The number of benzene rings is 1. The third kappa shape index (κ3) is 3.34. The van der Waals surface area contributed by atoms with Gasteiger partial charge >= 0.3 is 0 Å². The highest BCUT2D eigenvalue weighted by molar-refractivity contribution is 5.81. The summed E-state index contributed by atoms with van der Waals surface area (Å²) in [4.78, 5) is 16.2. The van der Waals surface area contributed by atoms with E-state index in [-0.39, 0.29) is 18.1 Å². The first-order valence-electron chi connectivity index (χ1n) is 7.66. The molecule has 1 N–H and O–H groups in total. The number of pyridine rings is 1. The van der Waals surface area contributed by atoms with Crippen LogP contribution in [0.25, 0.3) is 11.1 Å². The van der Waals surface area contributed by atoms with E-state index >= 15 is 0 Å². The van der Waals surface area contributed by atoms with Crippen molar-refractivity contribution in [3.05, 3.63) is 54.4 Å². The first kappa shape index (κ1) is 14.7. The van der Waals surface area contributed by atoms with Gasteiger partial charge < -0.3 is 10.1 Å². The number of nitrogens with one attached hydrogen (secondary N) is 1. The fraction of sp³-hybridized carbons (Fsp3) is 0.333. The van der Waals surface area contributed by atoms with E-state index in [4.69, 9.17) is 4.74 Å². The van der Waals surface area contributed by atoms with Crippen LogP contribution in [0.3, 0.4) is 0 Å². The minimum atomic E-state index is -0.280. The number of hydrogen-bond acceptors (Lipinski definition) is 3. The molecule has 114 valence electrons. The molecule has 3 rings (SSSR count). The van der Waals surface area contributed by atoms with Gasteiger partial charge in [-0.2, -0.15) is 0 Å². The molecule has 1 amide bonds. The molecule has 2 aromatic rings. The van der Waals surface area contributed by atoms with E-state index in [0.29, 0.717) is 6.61 Å². The summed E-state index contributed by atoms with van der Waals surface area (Å²) in [7, 11) is 0. The molecule has 2 heterocycles. The van der Waals surface area contributed by atoms with Gasteiger partial charge in [-0.05, 0) is 42.5 Å². The Morgan fingerprint density at radius 3 is 2.73 bits per heavy atom. The van der Waals surface area contributed by atoms with Crippen molar-refractivity contribution in [3.63, 3.8) is 0 Å². The zero-order chi connectivity index (χ0) is 15.4. The van der Waals surface area contributed by atoms with Gasteiger partial charge in [-0.25, -0.2) is 0 Å². The molecule has 1 aliphatic heterocycles. The molecule has 0 aliphatic carbocycles. The van der Waals surface area contributed by atoms with Crippen LogP contribution in [0.4, 0.5) is 0 Å². The predicted octanol–water partition coefficient (Wildman–Crippen LogP) is 3.10. The van der Waals surface area contributed by atoms with Crippen LogP contribution in [-0.2, 0) is 9.53 Å². The average molecular weight is 296 g/mol. The number of carbonyl (C=O) groups is 1. The third-order valence-corrected chi connectivity index (χ3v) is 3.99. The molecule has 0 bridgehead atoms. The topological polar surface area (TPSA) is 51.2 Å². The molecule has 1 fully saturated rings. The molecule has 1 aromatic carbocycles. The van der Waals surface area contributed by atoms with Crippen LogP contribution in [0.15, 0.2) is 48.8 Å². The molecule has 22 heavy (non-hydrogen) atoms. The fourth-order valence-electron chi connectivity index (χ4n) is 2.67. The third-order valence-electron chi connectivity index (χ3n) is 3.99. The lowest BCUT2D eigenvalue weighted by molar-refractivity contribution is -0.130.